The lowest BCUT2D eigenvalue weighted by Gasteiger charge is -2.10. The van der Waals surface area contributed by atoms with Crippen molar-refractivity contribution in [3.63, 3.8) is 0 Å². The number of anilines is 1. The lowest BCUT2D eigenvalue weighted by molar-refractivity contribution is -0.113. The fourth-order valence-electron chi connectivity index (χ4n) is 1.25. The number of carboxylic acid groups (broad SMARTS) is 1. The van der Waals surface area contributed by atoms with Gasteiger partial charge in [0, 0.05) is 0 Å². The first-order valence-corrected chi connectivity index (χ1v) is 6.40. The van der Waals surface area contributed by atoms with Crippen LogP contribution in [0.5, 0.6) is 0 Å². The van der Waals surface area contributed by atoms with Gasteiger partial charge in [0.1, 0.15) is 5.82 Å². The molecule has 0 heterocycles. The molecule has 1 amide bonds. The number of amides is 1. The van der Waals surface area contributed by atoms with Crippen molar-refractivity contribution < 1.29 is 19.1 Å². The number of carboxylic acids is 1. The van der Waals surface area contributed by atoms with Gasteiger partial charge < -0.3 is 10.4 Å². The largest absolute Gasteiger partial charge is 0.478 e. The average Bonchev–Trinajstić information content (AvgIpc) is 2.28. The molecular formula is C12H14FNO3S. The molecule has 0 aliphatic heterocycles. The van der Waals surface area contributed by atoms with Crippen LogP contribution in [0.25, 0.3) is 0 Å². The summed E-state index contributed by atoms with van der Waals surface area (Å²) in [6.07, 6.45) is 0. The Morgan fingerprint density at radius 2 is 2.11 bits per heavy atom. The molecule has 1 aromatic carbocycles. The fourth-order valence-corrected chi connectivity index (χ4v) is 1.80. The van der Waals surface area contributed by atoms with Crippen LogP contribution < -0.4 is 5.32 Å². The van der Waals surface area contributed by atoms with Crippen molar-refractivity contribution >= 4 is 29.3 Å². The van der Waals surface area contributed by atoms with E-state index in [-0.39, 0.29) is 22.3 Å². The van der Waals surface area contributed by atoms with Gasteiger partial charge in [0.2, 0.25) is 5.91 Å². The van der Waals surface area contributed by atoms with E-state index in [0.29, 0.717) is 0 Å². The van der Waals surface area contributed by atoms with E-state index in [1.807, 2.05) is 13.8 Å². The summed E-state index contributed by atoms with van der Waals surface area (Å²) in [6, 6.07) is 3.64. The molecule has 6 heteroatoms. The zero-order chi connectivity index (χ0) is 13.7. The highest BCUT2D eigenvalue weighted by atomic mass is 32.2. The monoisotopic (exact) mass is 271 g/mol. The minimum atomic E-state index is -1.28. The van der Waals surface area contributed by atoms with Gasteiger partial charge in [0.25, 0.3) is 0 Å². The van der Waals surface area contributed by atoms with Crippen molar-refractivity contribution in [3.05, 3.63) is 29.6 Å². The SMILES string of the molecule is CC(C)SCC(=O)Nc1c(F)cccc1C(=O)O. The number of benzene rings is 1. The zero-order valence-electron chi connectivity index (χ0n) is 10.1. The summed E-state index contributed by atoms with van der Waals surface area (Å²) < 4.78 is 13.5. The molecule has 1 aromatic rings. The quantitative estimate of drug-likeness (QED) is 0.864. The topological polar surface area (TPSA) is 66.4 Å². The van der Waals surface area contributed by atoms with E-state index in [4.69, 9.17) is 5.11 Å². The third-order valence-corrected chi connectivity index (χ3v) is 3.15. The molecule has 0 radical (unpaired) electrons. The van der Waals surface area contributed by atoms with Crippen LogP contribution in [-0.2, 0) is 4.79 Å². The zero-order valence-corrected chi connectivity index (χ0v) is 10.9. The third kappa shape index (κ3) is 4.03. The molecule has 98 valence electrons. The molecule has 0 aromatic heterocycles. The van der Waals surface area contributed by atoms with Gasteiger partial charge in [-0.25, -0.2) is 9.18 Å². The Bertz CT molecular complexity index is 463. The molecule has 0 bridgehead atoms. The summed E-state index contributed by atoms with van der Waals surface area (Å²) in [5.41, 5.74) is -0.530. The number of para-hydroxylation sites is 1. The number of rotatable bonds is 5. The minimum Gasteiger partial charge on any atom is -0.478 e. The number of aromatic carboxylic acids is 1. The summed E-state index contributed by atoms with van der Waals surface area (Å²) in [5, 5.41) is 11.5. The summed E-state index contributed by atoms with van der Waals surface area (Å²) in [4.78, 5) is 22.5. The van der Waals surface area contributed by atoms with E-state index in [1.54, 1.807) is 0 Å². The second-order valence-corrected chi connectivity index (χ2v) is 5.44. The highest BCUT2D eigenvalue weighted by molar-refractivity contribution is 8.00. The molecule has 18 heavy (non-hydrogen) atoms. The molecule has 1 rings (SSSR count). The van der Waals surface area contributed by atoms with Gasteiger partial charge in [0.15, 0.2) is 0 Å². The van der Waals surface area contributed by atoms with Gasteiger partial charge in [-0.2, -0.15) is 0 Å². The lowest BCUT2D eigenvalue weighted by Crippen LogP contribution is -2.18. The van der Waals surface area contributed by atoms with Gasteiger partial charge in [-0.1, -0.05) is 19.9 Å². The number of thioether (sulfide) groups is 1. The van der Waals surface area contributed by atoms with Crippen LogP contribution in [0.15, 0.2) is 18.2 Å². The molecule has 2 N–H and O–H groups in total. The minimum absolute atomic E-state index is 0.158. The first-order valence-electron chi connectivity index (χ1n) is 5.35. The predicted octanol–water partition coefficient (Wildman–Crippen LogP) is 2.60. The maximum atomic E-state index is 13.5. The Morgan fingerprint density at radius 1 is 1.44 bits per heavy atom. The van der Waals surface area contributed by atoms with Gasteiger partial charge in [-0.3, -0.25) is 4.79 Å². The molecule has 0 atom stereocenters. The van der Waals surface area contributed by atoms with Crippen LogP contribution in [0.1, 0.15) is 24.2 Å². The van der Waals surface area contributed by atoms with Crippen molar-refractivity contribution in [2.75, 3.05) is 11.1 Å². The second kappa shape index (κ2) is 6.39. The number of carbonyl (C=O) groups is 2. The van der Waals surface area contributed by atoms with Crippen molar-refractivity contribution in [1.29, 1.82) is 0 Å². The van der Waals surface area contributed by atoms with Crippen molar-refractivity contribution in [2.45, 2.75) is 19.1 Å². The lowest BCUT2D eigenvalue weighted by atomic mass is 10.1. The van der Waals surface area contributed by atoms with Gasteiger partial charge in [-0.05, 0) is 17.4 Å². The molecule has 0 fully saturated rings. The molecule has 4 nitrogen and oxygen atoms in total. The summed E-state index contributed by atoms with van der Waals surface area (Å²) in [7, 11) is 0. The summed E-state index contributed by atoms with van der Waals surface area (Å²) in [5.74, 6) is -2.29. The van der Waals surface area contributed by atoms with E-state index in [0.717, 1.165) is 6.07 Å². The van der Waals surface area contributed by atoms with Crippen LogP contribution in [0, 0.1) is 5.82 Å². The van der Waals surface area contributed by atoms with E-state index in [1.165, 1.54) is 23.9 Å². The molecule has 0 unspecified atom stereocenters. The summed E-state index contributed by atoms with van der Waals surface area (Å²) >= 11 is 1.40. The molecule has 0 spiro atoms. The predicted molar refractivity (Wildman–Crippen MR) is 69.6 cm³/mol. The standard InChI is InChI=1S/C12H14FNO3S/c1-7(2)18-6-10(15)14-11-8(12(16)17)4-3-5-9(11)13/h3-5,7H,6H2,1-2H3,(H,14,15)(H,16,17). The van der Waals surface area contributed by atoms with E-state index in [9.17, 15) is 14.0 Å². The Balaban J connectivity index is 2.83. The number of carbonyl (C=O) groups excluding carboxylic acids is 1. The third-order valence-electron chi connectivity index (χ3n) is 2.06. The van der Waals surface area contributed by atoms with E-state index < -0.39 is 17.7 Å². The smallest absolute Gasteiger partial charge is 0.337 e. The number of hydrogen-bond donors (Lipinski definition) is 2. The van der Waals surface area contributed by atoms with Crippen molar-refractivity contribution in [1.82, 2.24) is 0 Å². The Kier molecular flexibility index (Phi) is 5.15. The summed E-state index contributed by atoms with van der Waals surface area (Å²) in [6.45, 7) is 3.87. The molecular weight excluding hydrogens is 257 g/mol. The number of nitrogens with one attached hydrogen (secondary N) is 1. The van der Waals surface area contributed by atoms with Crippen molar-refractivity contribution in [2.24, 2.45) is 0 Å². The van der Waals surface area contributed by atoms with Gasteiger partial charge >= 0.3 is 5.97 Å². The first-order chi connectivity index (χ1) is 8.41. The van der Waals surface area contributed by atoms with Crippen LogP contribution in [0.4, 0.5) is 10.1 Å². The number of halogens is 1. The maximum Gasteiger partial charge on any atom is 0.337 e. The van der Waals surface area contributed by atoms with Gasteiger partial charge in [-0.15, -0.1) is 11.8 Å². The highest BCUT2D eigenvalue weighted by Crippen LogP contribution is 2.20. The van der Waals surface area contributed by atoms with E-state index >= 15 is 0 Å². The average molecular weight is 271 g/mol. The maximum absolute atomic E-state index is 13.5. The van der Waals surface area contributed by atoms with E-state index in [2.05, 4.69) is 5.32 Å². The molecule has 0 saturated heterocycles. The molecule has 0 aliphatic carbocycles. The normalized spacial score (nSPS) is 10.4. The van der Waals surface area contributed by atoms with Crippen molar-refractivity contribution in [3.8, 4) is 0 Å². The molecule has 0 saturated carbocycles. The van der Waals surface area contributed by atoms with Gasteiger partial charge in [0.05, 0.1) is 17.0 Å². The second-order valence-electron chi connectivity index (χ2n) is 3.88. The van der Waals surface area contributed by atoms with Crippen LogP contribution in [-0.4, -0.2) is 28.0 Å². The fraction of sp³-hybridized carbons (Fsp3) is 0.333. The Morgan fingerprint density at radius 3 is 2.67 bits per heavy atom. The Labute approximate surface area is 109 Å². The van der Waals surface area contributed by atoms with Crippen LogP contribution in [0.3, 0.4) is 0 Å². The number of hydrogen-bond acceptors (Lipinski definition) is 3. The van der Waals surface area contributed by atoms with Crippen LogP contribution >= 0.6 is 11.8 Å². The Hall–Kier alpha value is -1.56. The highest BCUT2D eigenvalue weighted by Gasteiger charge is 2.16. The molecule has 0 aliphatic rings. The van der Waals surface area contributed by atoms with Crippen LogP contribution in [0.2, 0.25) is 0 Å². The first kappa shape index (κ1) is 14.5.